The summed E-state index contributed by atoms with van der Waals surface area (Å²) in [6.45, 7) is 0. The molecule has 1 aromatic rings. The summed E-state index contributed by atoms with van der Waals surface area (Å²) in [7, 11) is 0. The molecular formula is C11H11F3N2O. The van der Waals surface area contributed by atoms with Gasteiger partial charge in [0.1, 0.15) is 0 Å². The van der Waals surface area contributed by atoms with Crippen molar-refractivity contribution in [1.82, 2.24) is 0 Å². The van der Waals surface area contributed by atoms with E-state index >= 15 is 0 Å². The van der Waals surface area contributed by atoms with E-state index in [0.29, 0.717) is 18.5 Å². The molecule has 0 heterocycles. The lowest BCUT2D eigenvalue weighted by molar-refractivity contribution is -0.137. The van der Waals surface area contributed by atoms with Gasteiger partial charge in [-0.05, 0) is 37.1 Å². The fraction of sp³-hybridized carbons (Fsp3) is 0.364. The molecule has 0 aliphatic heterocycles. The number of carbonyl (C=O) groups excluding carboxylic acids is 1. The first-order valence-corrected chi connectivity index (χ1v) is 5.09. The van der Waals surface area contributed by atoms with Crippen LogP contribution in [-0.4, -0.2) is 11.4 Å². The van der Waals surface area contributed by atoms with Crippen molar-refractivity contribution in [3.05, 3.63) is 29.8 Å². The highest BCUT2D eigenvalue weighted by Gasteiger charge is 2.45. The first-order valence-electron chi connectivity index (χ1n) is 5.09. The van der Waals surface area contributed by atoms with Crippen molar-refractivity contribution >= 4 is 11.6 Å². The number of amides is 1. The fourth-order valence-electron chi connectivity index (χ4n) is 1.36. The Morgan fingerprint density at radius 2 is 1.76 bits per heavy atom. The van der Waals surface area contributed by atoms with Crippen LogP contribution in [-0.2, 0) is 11.0 Å². The first kappa shape index (κ1) is 11.9. The number of nitrogens with one attached hydrogen (secondary N) is 1. The maximum atomic E-state index is 12.3. The Balaban J connectivity index is 2.06. The van der Waals surface area contributed by atoms with Crippen molar-refractivity contribution in [3.8, 4) is 0 Å². The number of anilines is 1. The van der Waals surface area contributed by atoms with Crippen LogP contribution in [0.1, 0.15) is 18.4 Å². The maximum absolute atomic E-state index is 12.3. The molecule has 6 heteroatoms. The Hall–Kier alpha value is -1.56. The summed E-state index contributed by atoms with van der Waals surface area (Å²) in [5, 5.41) is 2.49. The van der Waals surface area contributed by atoms with E-state index in [1.165, 1.54) is 12.1 Å². The molecule has 0 radical (unpaired) electrons. The summed E-state index contributed by atoms with van der Waals surface area (Å²) in [6, 6.07) is 4.27. The van der Waals surface area contributed by atoms with E-state index in [4.69, 9.17) is 5.73 Å². The average Bonchev–Trinajstić information content (AvgIpc) is 2.97. The van der Waals surface area contributed by atoms with Crippen molar-refractivity contribution in [3.63, 3.8) is 0 Å². The lowest BCUT2D eigenvalue weighted by Crippen LogP contribution is -2.37. The van der Waals surface area contributed by atoms with Gasteiger partial charge < -0.3 is 11.1 Å². The van der Waals surface area contributed by atoms with Gasteiger partial charge in [0.15, 0.2) is 0 Å². The molecule has 1 aliphatic carbocycles. The first-order chi connectivity index (χ1) is 7.81. The number of benzene rings is 1. The number of hydrogen-bond donors (Lipinski definition) is 2. The van der Waals surface area contributed by atoms with Gasteiger partial charge in [-0.3, -0.25) is 4.79 Å². The Morgan fingerprint density at radius 1 is 1.24 bits per heavy atom. The zero-order valence-electron chi connectivity index (χ0n) is 8.84. The second-order valence-corrected chi connectivity index (χ2v) is 4.19. The largest absolute Gasteiger partial charge is 0.416 e. The number of alkyl halides is 3. The SMILES string of the molecule is NC1(C(=O)Nc2ccc(C(F)(F)F)cc2)CC1. The highest BCUT2D eigenvalue weighted by atomic mass is 19.4. The topological polar surface area (TPSA) is 55.1 Å². The van der Waals surface area contributed by atoms with Gasteiger partial charge in [-0.1, -0.05) is 0 Å². The van der Waals surface area contributed by atoms with Crippen molar-refractivity contribution < 1.29 is 18.0 Å². The molecule has 0 aromatic heterocycles. The predicted molar refractivity (Wildman–Crippen MR) is 56.2 cm³/mol. The van der Waals surface area contributed by atoms with E-state index in [-0.39, 0.29) is 5.91 Å². The number of halogens is 3. The lowest BCUT2D eigenvalue weighted by atomic mass is 10.2. The van der Waals surface area contributed by atoms with E-state index in [1.54, 1.807) is 0 Å². The minimum absolute atomic E-state index is 0.319. The minimum atomic E-state index is -4.37. The van der Waals surface area contributed by atoms with E-state index in [1.807, 2.05) is 0 Å². The van der Waals surface area contributed by atoms with Crippen molar-refractivity contribution in [1.29, 1.82) is 0 Å². The molecule has 0 bridgehead atoms. The molecular weight excluding hydrogens is 233 g/mol. The Bertz CT molecular complexity index is 435. The molecule has 0 unspecified atom stereocenters. The van der Waals surface area contributed by atoms with Crippen LogP contribution in [0.2, 0.25) is 0 Å². The summed E-state index contributed by atoms with van der Waals surface area (Å²) >= 11 is 0. The van der Waals surface area contributed by atoms with E-state index in [9.17, 15) is 18.0 Å². The van der Waals surface area contributed by atoms with Gasteiger partial charge in [0.25, 0.3) is 0 Å². The molecule has 17 heavy (non-hydrogen) atoms. The Kier molecular flexibility index (Phi) is 2.61. The van der Waals surface area contributed by atoms with Crippen LogP contribution >= 0.6 is 0 Å². The van der Waals surface area contributed by atoms with Gasteiger partial charge in [-0.25, -0.2) is 0 Å². The lowest BCUT2D eigenvalue weighted by Gasteiger charge is -2.11. The summed E-state index contributed by atoms with van der Waals surface area (Å²) < 4.78 is 36.8. The molecule has 0 saturated heterocycles. The summed E-state index contributed by atoms with van der Waals surface area (Å²) in [5.74, 6) is -0.350. The van der Waals surface area contributed by atoms with Crippen molar-refractivity contribution in [2.45, 2.75) is 24.6 Å². The fourth-order valence-corrected chi connectivity index (χ4v) is 1.36. The third kappa shape index (κ3) is 2.58. The highest BCUT2D eigenvalue weighted by Crippen LogP contribution is 2.34. The van der Waals surface area contributed by atoms with E-state index in [0.717, 1.165) is 12.1 Å². The molecule has 2 rings (SSSR count). The number of rotatable bonds is 2. The average molecular weight is 244 g/mol. The van der Waals surface area contributed by atoms with Crippen LogP contribution in [0.15, 0.2) is 24.3 Å². The van der Waals surface area contributed by atoms with Gasteiger partial charge in [-0.15, -0.1) is 0 Å². The second kappa shape index (κ2) is 3.73. The predicted octanol–water partition coefficient (Wildman–Crippen LogP) is 2.14. The van der Waals surface area contributed by atoms with Crippen LogP contribution in [0.4, 0.5) is 18.9 Å². The zero-order valence-corrected chi connectivity index (χ0v) is 8.84. The van der Waals surface area contributed by atoms with Crippen LogP contribution in [0.5, 0.6) is 0 Å². The second-order valence-electron chi connectivity index (χ2n) is 4.19. The quantitative estimate of drug-likeness (QED) is 0.837. The molecule has 1 amide bonds. The van der Waals surface area contributed by atoms with Gasteiger partial charge >= 0.3 is 6.18 Å². The molecule has 1 saturated carbocycles. The van der Waals surface area contributed by atoms with Crippen LogP contribution < -0.4 is 11.1 Å². The van der Waals surface area contributed by atoms with Crippen molar-refractivity contribution in [2.24, 2.45) is 5.73 Å². The highest BCUT2D eigenvalue weighted by molar-refractivity contribution is 6.00. The summed E-state index contributed by atoms with van der Waals surface area (Å²) in [4.78, 5) is 11.5. The van der Waals surface area contributed by atoms with Gasteiger partial charge in [0.2, 0.25) is 5.91 Å². The molecule has 0 spiro atoms. The van der Waals surface area contributed by atoms with Crippen LogP contribution in [0.3, 0.4) is 0 Å². The third-order valence-electron chi connectivity index (χ3n) is 2.71. The van der Waals surface area contributed by atoms with Gasteiger partial charge in [0.05, 0.1) is 11.1 Å². The third-order valence-corrected chi connectivity index (χ3v) is 2.71. The molecule has 1 aliphatic rings. The molecule has 3 nitrogen and oxygen atoms in total. The normalized spacial score (nSPS) is 17.6. The minimum Gasteiger partial charge on any atom is -0.324 e. The smallest absolute Gasteiger partial charge is 0.324 e. The van der Waals surface area contributed by atoms with E-state index < -0.39 is 17.3 Å². The number of hydrogen-bond acceptors (Lipinski definition) is 2. The summed E-state index contributed by atoms with van der Waals surface area (Å²) in [5.41, 5.74) is 4.39. The van der Waals surface area contributed by atoms with Crippen LogP contribution in [0, 0.1) is 0 Å². The van der Waals surface area contributed by atoms with Crippen LogP contribution in [0.25, 0.3) is 0 Å². The molecule has 3 N–H and O–H groups in total. The molecule has 0 atom stereocenters. The number of carbonyl (C=O) groups is 1. The Morgan fingerprint density at radius 3 is 2.18 bits per heavy atom. The molecule has 1 fully saturated rings. The monoisotopic (exact) mass is 244 g/mol. The molecule has 92 valence electrons. The van der Waals surface area contributed by atoms with Gasteiger partial charge in [0, 0.05) is 5.69 Å². The standard InChI is InChI=1S/C11H11F3N2O/c12-11(13,14)7-1-3-8(4-2-7)16-9(17)10(15)5-6-10/h1-4H,5-6,15H2,(H,16,17). The zero-order chi connectivity index (χ0) is 12.7. The summed E-state index contributed by atoms with van der Waals surface area (Å²) in [6.07, 6.45) is -3.15. The van der Waals surface area contributed by atoms with Gasteiger partial charge in [-0.2, -0.15) is 13.2 Å². The molecule has 1 aromatic carbocycles. The Labute approximate surface area is 95.8 Å². The van der Waals surface area contributed by atoms with Crippen molar-refractivity contribution in [2.75, 3.05) is 5.32 Å². The maximum Gasteiger partial charge on any atom is 0.416 e. The number of nitrogens with two attached hydrogens (primary N) is 1. The van der Waals surface area contributed by atoms with E-state index in [2.05, 4.69) is 5.32 Å².